The maximum Gasteiger partial charge on any atom is 0.232 e. The molecule has 0 spiro atoms. The van der Waals surface area contributed by atoms with Gasteiger partial charge in [-0.2, -0.15) is 0 Å². The number of nitrogens with one attached hydrogen (secondary N) is 1. The summed E-state index contributed by atoms with van der Waals surface area (Å²) in [6.07, 6.45) is 5.38. The molecule has 33 heavy (non-hydrogen) atoms. The van der Waals surface area contributed by atoms with E-state index in [2.05, 4.69) is 10.2 Å². The number of piperidine rings is 1. The van der Waals surface area contributed by atoms with E-state index in [0.29, 0.717) is 49.0 Å². The summed E-state index contributed by atoms with van der Waals surface area (Å²) in [7, 11) is -3.39. The van der Waals surface area contributed by atoms with Gasteiger partial charge in [0.25, 0.3) is 0 Å². The molecule has 0 amide bonds. The lowest BCUT2D eigenvalue weighted by molar-refractivity contribution is 0.163. The molecule has 2 aromatic rings. The molecule has 4 rings (SSSR count). The van der Waals surface area contributed by atoms with Crippen molar-refractivity contribution in [3.05, 3.63) is 47.4 Å². The second-order valence-corrected chi connectivity index (χ2v) is 10.5. The minimum Gasteiger partial charge on any atom is -0.487 e. The Morgan fingerprint density at radius 2 is 1.91 bits per heavy atom. The van der Waals surface area contributed by atoms with Gasteiger partial charge in [0, 0.05) is 44.2 Å². The Morgan fingerprint density at radius 3 is 2.55 bits per heavy atom. The third-order valence-electron chi connectivity index (χ3n) is 5.47. The monoisotopic (exact) mass is 479 g/mol. The van der Waals surface area contributed by atoms with Crippen LogP contribution in [0.15, 0.2) is 24.4 Å². The predicted octanol–water partition coefficient (Wildman–Crippen LogP) is 3.37. The van der Waals surface area contributed by atoms with Crippen molar-refractivity contribution >= 4 is 27.7 Å². The van der Waals surface area contributed by atoms with Crippen molar-refractivity contribution in [2.45, 2.75) is 45.4 Å². The lowest BCUT2D eigenvalue weighted by Crippen LogP contribution is -2.39. The Balaban J connectivity index is 1.52. The van der Waals surface area contributed by atoms with Crippen molar-refractivity contribution in [3.63, 3.8) is 0 Å². The first-order valence-corrected chi connectivity index (χ1v) is 12.6. The fourth-order valence-electron chi connectivity index (χ4n) is 3.83. The first kappa shape index (κ1) is 23.2. The summed E-state index contributed by atoms with van der Waals surface area (Å²) >= 11 is 0. The molecule has 0 unspecified atom stereocenters. The third kappa shape index (κ3) is 5.35. The molecular formula is C22H27F2N5O3S. The highest BCUT2D eigenvalue weighted by Gasteiger charge is 2.28. The molecule has 3 heterocycles. The molecular weight excluding hydrogens is 452 g/mol. The molecule has 2 aliphatic heterocycles. The molecule has 1 aromatic heterocycles. The standard InChI is InChI=1S/C22H27F2N5O3S/c1-14(2)25-21-22(27-18-8-11-29(33(3,30)31)13-19(18)26-21)28-9-6-16(7-10-28)32-20-5-4-15(23)12-17(20)24/h4-5,8,11-12,14,16H,6-7,9-10,13H2,1-3H3,(H,25,26). The van der Waals surface area contributed by atoms with Crippen LogP contribution in [0.3, 0.4) is 0 Å². The number of ether oxygens (including phenoxy) is 1. The van der Waals surface area contributed by atoms with Gasteiger partial charge < -0.3 is 15.0 Å². The number of aromatic nitrogens is 2. The zero-order chi connectivity index (χ0) is 23.8. The van der Waals surface area contributed by atoms with Crippen LogP contribution in [0.4, 0.5) is 20.4 Å². The highest BCUT2D eigenvalue weighted by Crippen LogP contribution is 2.31. The van der Waals surface area contributed by atoms with Crippen LogP contribution in [0.2, 0.25) is 0 Å². The van der Waals surface area contributed by atoms with Gasteiger partial charge in [-0.25, -0.2) is 27.2 Å². The number of rotatable bonds is 6. The minimum absolute atomic E-state index is 0.0474. The molecule has 2 aliphatic rings. The summed E-state index contributed by atoms with van der Waals surface area (Å²) in [5, 5.41) is 3.31. The summed E-state index contributed by atoms with van der Waals surface area (Å²) in [6, 6.07) is 3.40. The zero-order valence-electron chi connectivity index (χ0n) is 18.8. The second kappa shape index (κ2) is 9.12. The van der Waals surface area contributed by atoms with Gasteiger partial charge >= 0.3 is 0 Å². The van der Waals surface area contributed by atoms with Gasteiger partial charge in [-0.05, 0) is 32.1 Å². The number of hydrogen-bond acceptors (Lipinski definition) is 7. The Bertz CT molecular complexity index is 1160. The van der Waals surface area contributed by atoms with Crippen molar-refractivity contribution in [2.24, 2.45) is 0 Å². The molecule has 0 saturated carbocycles. The lowest BCUT2D eigenvalue weighted by Gasteiger charge is -2.34. The van der Waals surface area contributed by atoms with E-state index >= 15 is 0 Å². The van der Waals surface area contributed by atoms with E-state index < -0.39 is 21.7 Å². The van der Waals surface area contributed by atoms with E-state index in [1.807, 2.05) is 13.8 Å². The summed E-state index contributed by atoms with van der Waals surface area (Å²) < 4.78 is 57.9. The molecule has 1 fully saturated rings. The first-order chi connectivity index (χ1) is 15.6. The molecule has 0 radical (unpaired) electrons. The summed E-state index contributed by atoms with van der Waals surface area (Å²) in [4.78, 5) is 11.6. The van der Waals surface area contributed by atoms with Gasteiger partial charge in [0.05, 0.1) is 24.2 Å². The largest absolute Gasteiger partial charge is 0.487 e. The fraction of sp³-hybridized carbons (Fsp3) is 0.455. The number of anilines is 2. The number of nitrogens with zero attached hydrogens (tertiary/aromatic N) is 4. The minimum atomic E-state index is -3.39. The van der Waals surface area contributed by atoms with Crippen LogP contribution in [-0.4, -0.2) is 54.2 Å². The predicted molar refractivity (Wildman–Crippen MR) is 122 cm³/mol. The number of halogens is 2. The quantitative estimate of drug-likeness (QED) is 0.680. The maximum atomic E-state index is 13.9. The topological polar surface area (TPSA) is 87.7 Å². The number of hydrogen-bond donors (Lipinski definition) is 1. The first-order valence-electron chi connectivity index (χ1n) is 10.8. The molecule has 0 aliphatic carbocycles. The SMILES string of the molecule is CC(C)Nc1nc2c(nc1N1CCC(Oc3ccc(F)cc3F)CC1)C=CN(S(C)(=O)=O)C2. The number of sulfonamides is 1. The van der Waals surface area contributed by atoms with Crippen molar-refractivity contribution in [2.75, 3.05) is 29.6 Å². The Morgan fingerprint density at radius 1 is 1.18 bits per heavy atom. The molecule has 1 N–H and O–H groups in total. The Kier molecular flexibility index (Phi) is 6.42. The van der Waals surface area contributed by atoms with E-state index in [0.717, 1.165) is 12.3 Å². The molecule has 178 valence electrons. The van der Waals surface area contributed by atoms with Crippen LogP contribution in [0, 0.1) is 11.6 Å². The molecule has 0 bridgehead atoms. The number of fused-ring (bicyclic) bond motifs is 1. The molecule has 0 atom stereocenters. The van der Waals surface area contributed by atoms with Crippen LogP contribution < -0.4 is 15.0 Å². The van der Waals surface area contributed by atoms with Crippen molar-refractivity contribution < 1.29 is 21.9 Å². The van der Waals surface area contributed by atoms with Gasteiger partial charge in [-0.15, -0.1) is 0 Å². The zero-order valence-corrected chi connectivity index (χ0v) is 19.6. The second-order valence-electron chi connectivity index (χ2n) is 8.53. The van der Waals surface area contributed by atoms with E-state index in [-0.39, 0.29) is 24.4 Å². The molecule has 1 aromatic carbocycles. The summed E-state index contributed by atoms with van der Waals surface area (Å²) in [5.74, 6) is -0.0233. The van der Waals surface area contributed by atoms with E-state index in [4.69, 9.17) is 14.7 Å². The van der Waals surface area contributed by atoms with E-state index in [1.165, 1.54) is 22.6 Å². The van der Waals surface area contributed by atoms with Crippen LogP contribution >= 0.6 is 0 Å². The smallest absolute Gasteiger partial charge is 0.232 e. The van der Waals surface area contributed by atoms with Gasteiger partial charge in [0.1, 0.15) is 11.9 Å². The van der Waals surface area contributed by atoms with Gasteiger partial charge in [-0.3, -0.25) is 4.31 Å². The van der Waals surface area contributed by atoms with Crippen molar-refractivity contribution in [1.29, 1.82) is 0 Å². The average Bonchev–Trinajstić information content (AvgIpc) is 2.74. The average molecular weight is 480 g/mol. The van der Waals surface area contributed by atoms with Gasteiger partial charge in [0.2, 0.25) is 10.0 Å². The Hall–Kier alpha value is -2.95. The van der Waals surface area contributed by atoms with Crippen LogP contribution in [0.1, 0.15) is 38.1 Å². The van der Waals surface area contributed by atoms with Crippen molar-refractivity contribution in [1.82, 2.24) is 14.3 Å². The molecule has 8 nitrogen and oxygen atoms in total. The normalized spacial score (nSPS) is 16.8. The van der Waals surface area contributed by atoms with E-state index in [1.54, 1.807) is 6.08 Å². The van der Waals surface area contributed by atoms with E-state index in [9.17, 15) is 17.2 Å². The summed E-state index contributed by atoms with van der Waals surface area (Å²) in [6.45, 7) is 5.35. The highest BCUT2D eigenvalue weighted by molar-refractivity contribution is 7.88. The summed E-state index contributed by atoms with van der Waals surface area (Å²) in [5.41, 5.74) is 1.21. The van der Waals surface area contributed by atoms with Crippen LogP contribution in [0.5, 0.6) is 5.75 Å². The number of benzene rings is 1. The van der Waals surface area contributed by atoms with Crippen LogP contribution in [0.25, 0.3) is 6.08 Å². The highest BCUT2D eigenvalue weighted by atomic mass is 32.2. The van der Waals surface area contributed by atoms with Crippen molar-refractivity contribution in [3.8, 4) is 5.75 Å². The Labute approximate surface area is 192 Å². The molecule has 1 saturated heterocycles. The van der Waals surface area contributed by atoms with Gasteiger partial charge in [-0.1, -0.05) is 0 Å². The van der Waals surface area contributed by atoms with Crippen LogP contribution in [-0.2, 0) is 16.6 Å². The third-order valence-corrected chi connectivity index (χ3v) is 6.57. The van der Waals surface area contributed by atoms with Gasteiger partial charge in [0.15, 0.2) is 23.2 Å². The lowest BCUT2D eigenvalue weighted by atomic mass is 10.1. The fourth-order valence-corrected chi connectivity index (χ4v) is 4.47. The maximum absolute atomic E-state index is 13.9. The molecule has 11 heteroatoms.